The summed E-state index contributed by atoms with van der Waals surface area (Å²) in [5.41, 5.74) is 1.28. The van der Waals surface area contributed by atoms with Gasteiger partial charge in [0, 0.05) is 12.6 Å². The molecule has 3 heteroatoms. The fourth-order valence-electron chi connectivity index (χ4n) is 2.57. The number of carboxylic acid groups (broad SMARTS) is 1. The van der Waals surface area contributed by atoms with Crippen LogP contribution in [0.3, 0.4) is 0 Å². The molecule has 1 fully saturated rings. The topological polar surface area (TPSA) is 49.3 Å². The zero-order chi connectivity index (χ0) is 12.3. The van der Waals surface area contributed by atoms with E-state index in [-0.39, 0.29) is 0 Å². The van der Waals surface area contributed by atoms with Gasteiger partial charge in [-0.2, -0.15) is 0 Å². The lowest BCUT2D eigenvalue weighted by molar-refractivity contribution is 0.0695. The molecule has 2 N–H and O–H groups in total. The van der Waals surface area contributed by atoms with Crippen molar-refractivity contribution in [2.75, 3.05) is 0 Å². The van der Waals surface area contributed by atoms with E-state index in [9.17, 15) is 4.79 Å². The minimum Gasteiger partial charge on any atom is -0.478 e. The summed E-state index contributed by atoms with van der Waals surface area (Å²) in [5.74, 6) is -0.145. The molecule has 0 aromatic heterocycles. The number of hydrogen-bond acceptors (Lipinski definition) is 2. The Morgan fingerprint density at radius 2 is 2.18 bits per heavy atom. The minimum absolute atomic E-state index is 0.408. The fraction of sp³-hybridized carbons (Fsp3) is 0.500. The molecule has 1 aromatic rings. The lowest BCUT2D eigenvalue weighted by Crippen LogP contribution is -2.31. The van der Waals surface area contributed by atoms with Gasteiger partial charge in [0.1, 0.15) is 0 Å². The van der Waals surface area contributed by atoms with Crippen molar-refractivity contribution in [1.29, 1.82) is 0 Å². The van der Waals surface area contributed by atoms with E-state index >= 15 is 0 Å². The highest BCUT2D eigenvalue weighted by Gasteiger charge is 2.22. The van der Waals surface area contributed by atoms with E-state index in [1.807, 2.05) is 12.1 Å². The number of carbonyl (C=O) groups is 1. The molecule has 0 amide bonds. The van der Waals surface area contributed by atoms with Gasteiger partial charge < -0.3 is 10.4 Å². The second-order valence-electron chi connectivity index (χ2n) is 4.86. The van der Waals surface area contributed by atoms with Crippen molar-refractivity contribution in [3.05, 3.63) is 35.4 Å². The lowest BCUT2D eigenvalue weighted by atomic mass is 10.0. The Balaban J connectivity index is 2.01. The van der Waals surface area contributed by atoms with E-state index < -0.39 is 5.97 Å². The third-order valence-electron chi connectivity index (χ3n) is 3.66. The molecule has 1 aliphatic rings. The molecular weight excluding hydrogens is 214 g/mol. The minimum atomic E-state index is -0.845. The summed E-state index contributed by atoms with van der Waals surface area (Å²) in [5, 5.41) is 12.6. The van der Waals surface area contributed by atoms with E-state index in [0.717, 1.165) is 5.56 Å². The van der Waals surface area contributed by atoms with Gasteiger partial charge in [-0.3, -0.25) is 0 Å². The SMILES string of the molecule is CC1CCCC1NCc1ccccc1C(=O)O. The highest BCUT2D eigenvalue weighted by atomic mass is 16.4. The monoisotopic (exact) mass is 233 g/mol. The van der Waals surface area contributed by atoms with Crippen molar-refractivity contribution >= 4 is 5.97 Å². The molecule has 0 heterocycles. The Morgan fingerprint density at radius 1 is 1.41 bits per heavy atom. The quantitative estimate of drug-likeness (QED) is 0.840. The molecule has 0 saturated heterocycles. The number of rotatable bonds is 4. The van der Waals surface area contributed by atoms with Gasteiger partial charge in [-0.25, -0.2) is 4.79 Å². The predicted octanol–water partition coefficient (Wildman–Crippen LogP) is 2.66. The third-order valence-corrected chi connectivity index (χ3v) is 3.66. The second kappa shape index (κ2) is 5.32. The normalized spacial score (nSPS) is 23.8. The molecule has 2 atom stereocenters. The summed E-state index contributed by atoms with van der Waals surface area (Å²) in [6.07, 6.45) is 3.76. The average Bonchev–Trinajstić information content (AvgIpc) is 2.72. The standard InChI is InChI=1S/C14H19NO2/c1-10-5-4-8-13(10)15-9-11-6-2-3-7-12(11)14(16)17/h2-3,6-7,10,13,15H,4-5,8-9H2,1H3,(H,16,17). The molecule has 3 nitrogen and oxygen atoms in total. The van der Waals surface area contributed by atoms with Gasteiger partial charge in [0.15, 0.2) is 0 Å². The van der Waals surface area contributed by atoms with Crippen LogP contribution in [0.25, 0.3) is 0 Å². The van der Waals surface area contributed by atoms with Crippen LogP contribution in [0, 0.1) is 5.92 Å². The molecule has 0 aliphatic heterocycles. The summed E-state index contributed by atoms with van der Waals surface area (Å²) >= 11 is 0. The van der Waals surface area contributed by atoms with Crippen LogP contribution in [-0.2, 0) is 6.54 Å². The number of nitrogens with one attached hydrogen (secondary N) is 1. The van der Waals surface area contributed by atoms with Crippen LogP contribution in [0.5, 0.6) is 0 Å². The Bertz CT molecular complexity index is 403. The number of benzene rings is 1. The lowest BCUT2D eigenvalue weighted by Gasteiger charge is -2.17. The second-order valence-corrected chi connectivity index (χ2v) is 4.86. The Hall–Kier alpha value is -1.35. The molecule has 1 saturated carbocycles. The Labute approximate surface area is 102 Å². The average molecular weight is 233 g/mol. The van der Waals surface area contributed by atoms with E-state index in [1.54, 1.807) is 12.1 Å². The van der Waals surface area contributed by atoms with Gasteiger partial charge >= 0.3 is 5.97 Å². The van der Waals surface area contributed by atoms with Crippen molar-refractivity contribution in [1.82, 2.24) is 5.32 Å². The van der Waals surface area contributed by atoms with Gasteiger partial charge in [-0.05, 0) is 30.4 Å². The van der Waals surface area contributed by atoms with Gasteiger partial charge in [-0.15, -0.1) is 0 Å². The molecule has 1 aromatic carbocycles. The van der Waals surface area contributed by atoms with E-state index in [2.05, 4.69) is 12.2 Å². The molecule has 2 unspecified atom stereocenters. The summed E-state index contributed by atoms with van der Waals surface area (Å²) in [4.78, 5) is 11.1. The Kier molecular flexibility index (Phi) is 3.79. The smallest absolute Gasteiger partial charge is 0.336 e. The maximum Gasteiger partial charge on any atom is 0.336 e. The first-order valence-electron chi connectivity index (χ1n) is 6.23. The molecular formula is C14H19NO2. The van der Waals surface area contributed by atoms with Gasteiger partial charge in [0.25, 0.3) is 0 Å². The highest BCUT2D eigenvalue weighted by Crippen LogP contribution is 2.25. The molecule has 17 heavy (non-hydrogen) atoms. The van der Waals surface area contributed by atoms with Crippen LogP contribution in [-0.4, -0.2) is 17.1 Å². The zero-order valence-corrected chi connectivity index (χ0v) is 10.1. The number of carboxylic acids is 1. The van der Waals surface area contributed by atoms with Crippen molar-refractivity contribution < 1.29 is 9.90 Å². The first-order valence-corrected chi connectivity index (χ1v) is 6.23. The fourth-order valence-corrected chi connectivity index (χ4v) is 2.57. The first-order chi connectivity index (χ1) is 8.18. The molecule has 0 spiro atoms. The van der Waals surface area contributed by atoms with Crippen molar-refractivity contribution in [3.63, 3.8) is 0 Å². The summed E-state index contributed by atoms with van der Waals surface area (Å²) in [6, 6.07) is 7.75. The summed E-state index contributed by atoms with van der Waals surface area (Å²) < 4.78 is 0. The highest BCUT2D eigenvalue weighted by molar-refractivity contribution is 5.89. The van der Waals surface area contributed by atoms with Crippen molar-refractivity contribution in [3.8, 4) is 0 Å². The Morgan fingerprint density at radius 3 is 2.82 bits per heavy atom. The van der Waals surface area contributed by atoms with Crippen LogP contribution in [0.1, 0.15) is 42.1 Å². The predicted molar refractivity (Wildman–Crippen MR) is 67.0 cm³/mol. The van der Waals surface area contributed by atoms with Crippen molar-refractivity contribution in [2.24, 2.45) is 5.92 Å². The van der Waals surface area contributed by atoms with Crippen LogP contribution < -0.4 is 5.32 Å². The van der Waals surface area contributed by atoms with E-state index in [1.165, 1.54) is 19.3 Å². The summed E-state index contributed by atoms with van der Waals surface area (Å²) in [6.45, 7) is 2.91. The maximum absolute atomic E-state index is 11.1. The molecule has 0 bridgehead atoms. The third kappa shape index (κ3) is 2.86. The van der Waals surface area contributed by atoms with Gasteiger partial charge in [-0.1, -0.05) is 31.5 Å². The molecule has 0 radical (unpaired) electrons. The van der Waals surface area contributed by atoms with Crippen LogP contribution >= 0.6 is 0 Å². The molecule has 1 aliphatic carbocycles. The van der Waals surface area contributed by atoms with Crippen LogP contribution in [0.15, 0.2) is 24.3 Å². The molecule has 2 rings (SSSR count). The van der Waals surface area contributed by atoms with Crippen molar-refractivity contribution in [2.45, 2.75) is 38.8 Å². The van der Waals surface area contributed by atoms with E-state index in [4.69, 9.17) is 5.11 Å². The molecule has 92 valence electrons. The van der Waals surface area contributed by atoms with Gasteiger partial charge in [0.05, 0.1) is 5.56 Å². The number of aromatic carboxylic acids is 1. The van der Waals surface area contributed by atoms with Crippen LogP contribution in [0.2, 0.25) is 0 Å². The maximum atomic E-state index is 11.1. The summed E-state index contributed by atoms with van der Waals surface area (Å²) in [7, 11) is 0. The van der Waals surface area contributed by atoms with Gasteiger partial charge in [0.2, 0.25) is 0 Å². The van der Waals surface area contributed by atoms with E-state index in [0.29, 0.717) is 24.1 Å². The first kappa shape index (κ1) is 12.1. The number of hydrogen-bond donors (Lipinski definition) is 2. The zero-order valence-electron chi connectivity index (χ0n) is 10.1. The van der Waals surface area contributed by atoms with Crippen LogP contribution in [0.4, 0.5) is 0 Å². The largest absolute Gasteiger partial charge is 0.478 e.